The van der Waals surface area contributed by atoms with Crippen LogP contribution in [0.4, 0.5) is 0 Å². The van der Waals surface area contributed by atoms with Gasteiger partial charge < -0.3 is 10.3 Å². The van der Waals surface area contributed by atoms with Crippen molar-refractivity contribution in [1.82, 2.24) is 14.8 Å². The molecule has 0 bridgehead atoms. The molecule has 0 aliphatic rings. The summed E-state index contributed by atoms with van der Waals surface area (Å²) in [5, 5.41) is 9.00. The molecule has 0 amide bonds. The zero-order chi connectivity index (χ0) is 12.3. The molecule has 0 spiro atoms. The molecule has 2 rings (SSSR count). The molecule has 0 atom stereocenters. The molecule has 2 N–H and O–H groups in total. The summed E-state index contributed by atoms with van der Waals surface area (Å²) in [7, 11) is 0. The van der Waals surface area contributed by atoms with Crippen LogP contribution in [0.25, 0.3) is 0 Å². The molecule has 5 heteroatoms. The average Bonchev–Trinajstić information content (AvgIpc) is 2.74. The smallest absolute Gasteiger partial charge is 0.146 e. The zero-order valence-corrected chi connectivity index (χ0v) is 10.5. The maximum atomic E-state index is 5.85. The second-order valence-corrected chi connectivity index (χ2v) is 4.22. The van der Waals surface area contributed by atoms with E-state index in [-0.39, 0.29) is 0 Å². The van der Waals surface area contributed by atoms with Crippen molar-refractivity contribution in [2.45, 2.75) is 26.4 Å². The normalized spacial score (nSPS) is 10.8. The molecule has 0 saturated carbocycles. The fourth-order valence-corrected chi connectivity index (χ4v) is 1.93. The van der Waals surface area contributed by atoms with Crippen LogP contribution in [0.5, 0.6) is 0 Å². The van der Waals surface area contributed by atoms with E-state index in [1.807, 2.05) is 24.3 Å². The number of aromatic nitrogens is 3. The van der Waals surface area contributed by atoms with Gasteiger partial charge in [-0.2, -0.15) is 0 Å². The highest BCUT2D eigenvalue weighted by Gasteiger charge is 2.09. The lowest BCUT2D eigenvalue weighted by Gasteiger charge is -2.06. The minimum absolute atomic E-state index is 0.418. The molecule has 0 aliphatic heterocycles. The number of nitrogens with zero attached hydrogens (tertiary/aromatic N) is 3. The van der Waals surface area contributed by atoms with Gasteiger partial charge >= 0.3 is 0 Å². The van der Waals surface area contributed by atoms with Crippen LogP contribution in [0.15, 0.2) is 24.3 Å². The molecule has 0 fully saturated rings. The molecule has 0 aliphatic carbocycles. The van der Waals surface area contributed by atoms with Gasteiger partial charge in [0.25, 0.3) is 0 Å². The van der Waals surface area contributed by atoms with Crippen LogP contribution in [0.3, 0.4) is 0 Å². The summed E-state index contributed by atoms with van der Waals surface area (Å²) >= 11 is 5.85. The Balaban J connectivity index is 2.23. The molecule has 1 aromatic heterocycles. The largest absolute Gasteiger partial charge is 0.324 e. The minimum atomic E-state index is 0.418. The summed E-state index contributed by atoms with van der Waals surface area (Å²) in [5.74, 6) is 1.77. The van der Waals surface area contributed by atoms with Gasteiger partial charge in [0, 0.05) is 18.0 Å². The van der Waals surface area contributed by atoms with E-state index in [1.165, 1.54) is 5.56 Å². The van der Waals surface area contributed by atoms with Crippen molar-refractivity contribution in [1.29, 1.82) is 0 Å². The highest BCUT2D eigenvalue weighted by atomic mass is 35.5. The SMILES string of the molecule is CCn1c(CN)nnc1Cc1ccc(Cl)cc1. The fourth-order valence-electron chi connectivity index (χ4n) is 1.80. The van der Waals surface area contributed by atoms with Crippen molar-refractivity contribution >= 4 is 11.6 Å². The maximum absolute atomic E-state index is 5.85. The second-order valence-electron chi connectivity index (χ2n) is 3.78. The highest BCUT2D eigenvalue weighted by Crippen LogP contribution is 2.13. The van der Waals surface area contributed by atoms with Gasteiger partial charge in [-0.15, -0.1) is 10.2 Å². The molecule has 17 heavy (non-hydrogen) atoms. The van der Waals surface area contributed by atoms with Crippen LogP contribution in [0.1, 0.15) is 24.1 Å². The Bertz CT molecular complexity index is 490. The average molecular weight is 251 g/mol. The van der Waals surface area contributed by atoms with Crippen molar-refractivity contribution in [2.75, 3.05) is 0 Å². The van der Waals surface area contributed by atoms with Gasteiger partial charge in [-0.25, -0.2) is 0 Å². The lowest BCUT2D eigenvalue weighted by Crippen LogP contribution is -2.10. The summed E-state index contributed by atoms with van der Waals surface area (Å²) < 4.78 is 2.05. The Morgan fingerprint density at radius 2 is 1.82 bits per heavy atom. The van der Waals surface area contributed by atoms with E-state index >= 15 is 0 Å². The molecule has 0 radical (unpaired) electrons. The number of nitrogens with two attached hydrogens (primary N) is 1. The molecule has 0 saturated heterocycles. The maximum Gasteiger partial charge on any atom is 0.146 e. The first kappa shape index (κ1) is 12.1. The molecule has 1 aromatic carbocycles. The standard InChI is InChI=1S/C12H15ClN4/c1-2-17-11(15-16-12(17)8-14)7-9-3-5-10(13)6-4-9/h3-6H,2,7-8,14H2,1H3. The first-order valence-electron chi connectivity index (χ1n) is 5.60. The number of benzene rings is 1. The topological polar surface area (TPSA) is 56.7 Å². The Kier molecular flexibility index (Phi) is 3.76. The van der Waals surface area contributed by atoms with E-state index in [9.17, 15) is 0 Å². The molecule has 2 aromatic rings. The van der Waals surface area contributed by atoms with Gasteiger partial charge in [0.05, 0.1) is 6.54 Å². The Morgan fingerprint density at radius 1 is 1.18 bits per heavy atom. The van der Waals surface area contributed by atoms with E-state index in [2.05, 4.69) is 21.7 Å². The van der Waals surface area contributed by atoms with Gasteiger partial charge in [0.1, 0.15) is 11.6 Å². The first-order valence-corrected chi connectivity index (χ1v) is 5.97. The Morgan fingerprint density at radius 3 is 2.41 bits per heavy atom. The summed E-state index contributed by atoms with van der Waals surface area (Å²) in [4.78, 5) is 0. The lowest BCUT2D eigenvalue weighted by atomic mass is 10.1. The highest BCUT2D eigenvalue weighted by molar-refractivity contribution is 6.30. The summed E-state index contributed by atoms with van der Waals surface area (Å²) in [6.45, 7) is 3.32. The molecular formula is C12H15ClN4. The van der Waals surface area contributed by atoms with Crippen LogP contribution >= 0.6 is 11.6 Å². The van der Waals surface area contributed by atoms with Crippen molar-refractivity contribution in [3.8, 4) is 0 Å². The van der Waals surface area contributed by atoms with E-state index in [4.69, 9.17) is 17.3 Å². The summed E-state index contributed by atoms with van der Waals surface area (Å²) in [6.07, 6.45) is 0.748. The predicted octanol–water partition coefficient (Wildman–Crippen LogP) is 2.00. The first-order chi connectivity index (χ1) is 8.24. The zero-order valence-electron chi connectivity index (χ0n) is 9.73. The van der Waals surface area contributed by atoms with Gasteiger partial charge in [-0.05, 0) is 24.6 Å². The van der Waals surface area contributed by atoms with Crippen LogP contribution in [-0.4, -0.2) is 14.8 Å². The summed E-state index contributed by atoms with van der Waals surface area (Å²) in [5.41, 5.74) is 6.78. The predicted molar refractivity (Wildman–Crippen MR) is 67.8 cm³/mol. The fraction of sp³-hybridized carbons (Fsp3) is 0.333. The summed E-state index contributed by atoms with van der Waals surface area (Å²) in [6, 6.07) is 7.76. The molecule has 90 valence electrons. The van der Waals surface area contributed by atoms with Crippen LogP contribution < -0.4 is 5.73 Å². The van der Waals surface area contributed by atoms with Crippen LogP contribution in [-0.2, 0) is 19.5 Å². The van der Waals surface area contributed by atoms with Gasteiger partial charge in [-0.1, -0.05) is 23.7 Å². The quantitative estimate of drug-likeness (QED) is 0.903. The number of hydrogen-bond acceptors (Lipinski definition) is 3. The van der Waals surface area contributed by atoms with Crippen molar-refractivity contribution < 1.29 is 0 Å². The monoisotopic (exact) mass is 250 g/mol. The third kappa shape index (κ3) is 2.65. The number of rotatable bonds is 4. The lowest BCUT2D eigenvalue weighted by molar-refractivity contribution is 0.668. The van der Waals surface area contributed by atoms with Crippen molar-refractivity contribution in [2.24, 2.45) is 5.73 Å². The van der Waals surface area contributed by atoms with Crippen LogP contribution in [0.2, 0.25) is 5.02 Å². The van der Waals surface area contributed by atoms with Gasteiger partial charge in [0.2, 0.25) is 0 Å². The van der Waals surface area contributed by atoms with Crippen molar-refractivity contribution in [3.05, 3.63) is 46.5 Å². The van der Waals surface area contributed by atoms with E-state index < -0.39 is 0 Å². The van der Waals surface area contributed by atoms with E-state index in [0.29, 0.717) is 6.54 Å². The molecule has 1 heterocycles. The van der Waals surface area contributed by atoms with E-state index in [1.54, 1.807) is 0 Å². The Labute approximate surface area is 105 Å². The number of halogens is 1. The minimum Gasteiger partial charge on any atom is -0.324 e. The second kappa shape index (κ2) is 5.29. The van der Waals surface area contributed by atoms with Gasteiger partial charge in [0.15, 0.2) is 0 Å². The van der Waals surface area contributed by atoms with Crippen LogP contribution in [0, 0.1) is 0 Å². The third-order valence-corrected chi connectivity index (χ3v) is 2.93. The van der Waals surface area contributed by atoms with Gasteiger partial charge in [-0.3, -0.25) is 0 Å². The molecule has 4 nitrogen and oxygen atoms in total. The third-order valence-electron chi connectivity index (χ3n) is 2.68. The molecular weight excluding hydrogens is 236 g/mol. The van der Waals surface area contributed by atoms with Crippen molar-refractivity contribution in [3.63, 3.8) is 0 Å². The molecule has 0 unspecified atom stereocenters. The number of hydrogen-bond donors (Lipinski definition) is 1. The van der Waals surface area contributed by atoms with E-state index in [0.717, 1.165) is 29.6 Å². The Hall–Kier alpha value is -1.39.